The lowest BCUT2D eigenvalue weighted by molar-refractivity contribution is -0.120. The fourth-order valence-corrected chi connectivity index (χ4v) is 7.72. The predicted octanol–water partition coefficient (Wildman–Crippen LogP) is 3.17. The minimum absolute atomic E-state index is 0.164. The number of hydrogen-bond acceptors (Lipinski definition) is 3. The molecule has 0 aromatic carbocycles. The summed E-state index contributed by atoms with van der Waals surface area (Å²) in [5.41, 5.74) is 1.21. The molecule has 1 heterocycles. The molecule has 5 rings (SSSR count). The zero-order chi connectivity index (χ0) is 17.3. The van der Waals surface area contributed by atoms with Gasteiger partial charge in [0.2, 0.25) is 0 Å². The average Bonchev–Trinajstić information content (AvgIpc) is 2.93. The summed E-state index contributed by atoms with van der Waals surface area (Å²) in [6, 6.07) is 0. The maximum Gasteiger partial charge on any atom is 0.252 e. The number of ether oxygens (including phenoxy) is 1. The lowest BCUT2D eigenvalue weighted by Crippen LogP contribution is -2.22. The normalized spacial score (nSPS) is 41.2. The van der Waals surface area contributed by atoms with E-state index in [2.05, 4.69) is 23.4 Å². The van der Waals surface area contributed by atoms with Crippen molar-refractivity contribution >= 4 is 17.2 Å². The molecule has 4 fully saturated rings. The standard InChI is InChI=1S/C20H28N2O2S/c1-10-11(2)25-20(22(10)7-8-24-3)21-19(23)18-16-14-9-15(17(16)18)13-6-4-5-12(13)14/h12-18H,4-9H2,1-3H3/b21-20-/t12-,13+,14+,15-,16+,17-,18?. The molecular weight excluding hydrogens is 332 g/mol. The van der Waals surface area contributed by atoms with Crippen LogP contribution in [0, 0.1) is 55.3 Å². The summed E-state index contributed by atoms with van der Waals surface area (Å²) in [5, 5.41) is 0. The highest BCUT2D eigenvalue weighted by atomic mass is 32.1. The van der Waals surface area contributed by atoms with Crippen LogP contribution in [0.25, 0.3) is 0 Å². The van der Waals surface area contributed by atoms with Crippen molar-refractivity contribution in [3.63, 3.8) is 0 Å². The van der Waals surface area contributed by atoms with Gasteiger partial charge in [0.1, 0.15) is 0 Å². The maximum atomic E-state index is 13.0. The fraction of sp³-hybridized carbons (Fsp3) is 0.800. The van der Waals surface area contributed by atoms with Crippen molar-refractivity contribution in [2.75, 3.05) is 13.7 Å². The second kappa shape index (κ2) is 5.78. The molecule has 2 bridgehead atoms. The number of carbonyl (C=O) groups excluding carboxylic acids is 1. The number of nitrogens with zero attached hydrogens (tertiary/aromatic N) is 2. The highest BCUT2D eigenvalue weighted by molar-refractivity contribution is 7.09. The summed E-state index contributed by atoms with van der Waals surface area (Å²) in [7, 11) is 1.72. The van der Waals surface area contributed by atoms with Gasteiger partial charge in [-0.05, 0) is 68.6 Å². The largest absolute Gasteiger partial charge is 0.383 e. The van der Waals surface area contributed by atoms with Gasteiger partial charge in [-0.3, -0.25) is 4.79 Å². The van der Waals surface area contributed by atoms with Crippen molar-refractivity contribution in [1.29, 1.82) is 0 Å². The molecule has 0 radical (unpaired) electrons. The van der Waals surface area contributed by atoms with Gasteiger partial charge in [-0.2, -0.15) is 4.99 Å². The van der Waals surface area contributed by atoms with Crippen LogP contribution in [0.5, 0.6) is 0 Å². The van der Waals surface area contributed by atoms with Gasteiger partial charge in [-0.1, -0.05) is 6.42 Å². The van der Waals surface area contributed by atoms with Crippen LogP contribution in [-0.2, 0) is 16.1 Å². The molecule has 0 aliphatic heterocycles. The third-order valence-corrected chi connectivity index (χ3v) is 8.89. The summed E-state index contributed by atoms with van der Waals surface area (Å²) in [4.78, 5) is 19.7. The van der Waals surface area contributed by atoms with Crippen LogP contribution in [0.2, 0.25) is 0 Å². The molecule has 0 N–H and O–H groups in total. The second-order valence-corrected chi connectivity index (χ2v) is 9.80. The van der Waals surface area contributed by atoms with E-state index in [-0.39, 0.29) is 11.8 Å². The molecule has 5 heteroatoms. The third kappa shape index (κ3) is 2.27. The van der Waals surface area contributed by atoms with E-state index >= 15 is 0 Å². The van der Waals surface area contributed by atoms with Crippen molar-refractivity contribution in [3.8, 4) is 0 Å². The van der Waals surface area contributed by atoms with E-state index in [4.69, 9.17) is 4.74 Å². The first-order valence-electron chi connectivity index (χ1n) is 9.86. The van der Waals surface area contributed by atoms with Gasteiger partial charge >= 0.3 is 0 Å². The molecule has 4 aliphatic carbocycles. The maximum absolute atomic E-state index is 13.0. The van der Waals surface area contributed by atoms with Gasteiger partial charge in [-0.15, -0.1) is 11.3 Å². The number of thiazole rings is 1. The van der Waals surface area contributed by atoms with Crippen LogP contribution in [0.4, 0.5) is 0 Å². The van der Waals surface area contributed by atoms with E-state index < -0.39 is 0 Å². The van der Waals surface area contributed by atoms with Crippen molar-refractivity contribution < 1.29 is 9.53 Å². The number of carbonyl (C=O) groups is 1. The smallest absolute Gasteiger partial charge is 0.252 e. The average molecular weight is 361 g/mol. The van der Waals surface area contributed by atoms with Crippen molar-refractivity contribution in [1.82, 2.24) is 4.57 Å². The molecule has 4 saturated carbocycles. The minimum Gasteiger partial charge on any atom is -0.383 e. The van der Waals surface area contributed by atoms with Crippen LogP contribution < -0.4 is 4.80 Å². The van der Waals surface area contributed by atoms with Crippen LogP contribution in [0.1, 0.15) is 36.3 Å². The van der Waals surface area contributed by atoms with Crippen molar-refractivity contribution in [2.45, 2.75) is 46.1 Å². The SMILES string of the molecule is COCCn1c(C)c(C)s/c1=N\C(=O)C1[C@@H]2[C@@H]3C[C@@H]([C@@H]4CCC[C@@H]43)[C@H]12. The minimum atomic E-state index is 0.164. The third-order valence-electron chi connectivity index (χ3n) is 7.79. The van der Waals surface area contributed by atoms with Crippen molar-refractivity contribution in [3.05, 3.63) is 15.4 Å². The van der Waals surface area contributed by atoms with Crippen LogP contribution in [0.15, 0.2) is 4.99 Å². The fourth-order valence-electron chi connectivity index (χ4n) is 6.72. The molecule has 7 atom stereocenters. The number of fused-ring (bicyclic) bond motifs is 8. The summed E-state index contributed by atoms with van der Waals surface area (Å²) >= 11 is 1.65. The van der Waals surface area contributed by atoms with Gasteiger partial charge in [0.15, 0.2) is 4.80 Å². The monoisotopic (exact) mass is 360 g/mol. The Balaban J connectivity index is 1.39. The zero-order valence-electron chi connectivity index (χ0n) is 15.4. The molecule has 1 aromatic heterocycles. The van der Waals surface area contributed by atoms with Crippen LogP contribution in [0.3, 0.4) is 0 Å². The van der Waals surface area contributed by atoms with Gasteiger partial charge in [0.25, 0.3) is 5.91 Å². The van der Waals surface area contributed by atoms with Gasteiger partial charge in [-0.25, -0.2) is 0 Å². The Morgan fingerprint density at radius 1 is 1.20 bits per heavy atom. The van der Waals surface area contributed by atoms with E-state index in [9.17, 15) is 4.79 Å². The first-order valence-corrected chi connectivity index (χ1v) is 10.7. The lowest BCUT2D eigenvalue weighted by Gasteiger charge is -2.23. The molecule has 1 aromatic rings. The first-order chi connectivity index (χ1) is 12.1. The van der Waals surface area contributed by atoms with E-state index in [1.54, 1.807) is 18.4 Å². The van der Waals surface area contributed by atoms with Crippen molar-refractivity contribution in [2.24, 2.45) is 46.4 Å². The van der Waals surface area contributed by atoms with Gasteiger partial charge in [0, 0.05) is 30.1 Å². The van der Waals surface area contributed by atoms with Crippen LogP contribution in [-0.4, -0.2) is 24.2 Å². The molecular formula is C20H28N2O2S. The summed E-state index contributed by atoms with van der Waals surface area (Å²) < 4.78 is 7.38. The molecule has 25 heavy (non-hydrogen) atoms. The number of aryl methyl sites for hydroxylation is 1. The number of methoxy groups -OCH3 is 1. The Kier molecular flexibility index (Phi) is 3.76. The summed E-state index contributed by atoms with van der Waals surface area (Å²) in [6.45, 7) is 5.64. The van der Waals surface area contributed by atoms with E-state index in [0.717, 1.165) is 35.0 Å². The summed E-state index contributed by atoms with van der Waals surface area (Å²) in [5.74, 6) is 5.34. The number of rotatable bonds is 4. The number of amides is 1. The molecule has 0 saturated heterocycles. The summed E-state index contributed by atoms with van der Waals surface area (Å²) in [6.07, 6.45) is 5.69. The molecule has 4 aliphatic rings. The molecule has 1 amide bonds. The number of aromatic nitrogens is 1. The van der Waals surface area contributed by atoms with Gasteiger partial charge < -0.3 is 9.30 Å². The topological polar surface area (TPSA) is 43.6 Å². The Labute approximate surface area is 153 Å². The molecule has 1 unspecified atom stereocenters. The Bertz CT molecular complexity index is 757. The number of hydrogen-bond donors (Lipinski definition) is 0. The Morgan fingerprint density at radius 3 is 2.52 bits per heavy atom. The highest BCUT2D eigenvalue weighted by Crippen LogP contribution is 2.75. The van der Waals surface area contributed by atoms with Gasteiger partial charge in [0.05, 0.1) is 6.61 Å². The molecule has 4 nitrogen and oxygen atoms in total. The van der Waals surface area contributed by atoms with E-state index in [1.807, 2.05) is 0 Å². The second-order valence-electron chi connectivity index (χ2n) is 8.62. The molecule has 136 valence electrons. The molecule has 0 spiro atoms. The lowest BCUT2D eigenvalue weighted by atomic mass is 9.82. The predicted molar refractivity (Wildman–Crippen MR) is 97.1 cm³/mol. The highest BCUT2D eigenvalue weighted by Gasteiger charge is 2.73. The Morgan fingerprint density at radius 2 is 1.88 bits per heavy atom. The zero-order valence-corrected chi connectivity index (χ0v) is 16.2. The van der Waals surface area contributed by atoms with E-state index in [1.165, 1.54) is 36.3 Å². The first kappa shape index (κ1) is 16.2. The van der Waals surface area contributed by atoms with E-state index in [0.29, 0.717) is 18.4 Å². The van der Waals surface area contributed by atoms with Crippen LogP contribution >= 0.6 is 11.3 Å². The Hall–Kier alpha value is -0.940. The quantitative estimate of drug-likeness (QED) is 0.828.